The first-order valence-corrected chi connectivity index (χ1v) is 11.6. The summed E-state index contributed by atoms with van der Waals surface area (Å²) in [6, 6.07) is 1.73. The second kappa shape index (κ2) is 8.46. The van der Waals surface area contributed by atoms with Gasteiger partial charge in [0.1, 0.15) is 11.5 Å². The van der Waals surface area contributed by atoms with Crippen molar-refractivity contribution in [3.63, 3.8) is 0 Å². The highest BCUT2D eigenvalue weighted by atomic mass is 35.5. The highest BCUT2D eigenvalue weighted by Crippen LogP contribution is 2.65. The Morgan fingerprint density at radius 1 is 1.24 bits per heavy atom. The molecule has 8 nitrogen and oxygen atoms in total. The summed E-state index contributed by atoms with van der Waals surface area (Å²) in [6.07, 6.45) is 2.70. The maximum absolute atomic E-state index is 13.9. The van der Waals surface area contributed by atoms with Gasteiger partial charge < -0.3 is 18.6 Å². The van der Waals surface area contributed by atoms with Crippen molar-refractivity contribution in [1.82, 2.24) is 0 Å². The van der Waals surface area contributed by atoms with Crippen LogP contribution in [0.2, 0.25) is 0 Å². The quantitative estimate of drug-likeness (QED) is 0.365. The molecule has 3 fully saturated rings. The van der Waals surface area contributed by atoms with Gasteiger partial charge >= 0.3 is 17.9 Å². The number of carbonyl (C=O) groups is 4. The zero-order valence-corrected chi connectivity index (χ0v) is 19.9. The van der Waals surface area contributed by atoms with Crippen LogP contribution in [0.1, 0.15) is 58.1 Å². The predicted molar refractivity (Wildman–Crippen MR) is 115 cm³/mol. The van der Waals surface area contributed by atoms with Crippen LogP contribution in [-0.4, -0.2) is 42.3 Å². The van der Waals surface area contributed by atoms with Gasteiger partial charge in [-0.3, -0.25) is 19.2 Å². The van der Waals surface area contributed by atoms with E-state index in [4.69, 9.17) is 30.2 Å². The van der Waals surface area contributed by atoms with Crippen molar-refractivity contribution >= 4 is 35.3 Å². The lowest BCUT2D eigenvalue weighted by atomic mass is 9.43. The van der Waals surface area contributed by atoms with Gasteiger partial charge in [0.2, 0.25) is 0 Å². The van der Waals surface area contributed by atoms with Gasteiger partial charge in [-0.25, -0.2) is 0 Å². The minimum Gasteiger partial charge on any atom is -0.472 e. The number of ether oxygens (including phenoxy) is 3. The van der Waals surface area contributed by atoms with Crippen LogP contribution in [0.15, 0.2) is 23.0 Å². The van der Waals surface area contributed by atoms with Gasteiger partial charge in [-0.1, -0.05) is 13.8 Å². The topological polar surface area (TPSA) is 109 Å². The normalized spacial score (nSPS) is 39.0. The van der Waals surface area contributed by atoms with Crippen LogP contribution in [0.5, 0.6) is 0 Å². The number of rotatable bonds is 4. The van der Waals surface area contributed by atoms with Crippen LogP contribution in [-0.2, 0) is 33.4 Å². The average Bonchev–Trinajstić information content (AvgIpc) is 3.29. The molecule has 0 radical (unpaired) electrons. The number of carbonyl (C=O) groups excluding carboxylic acids is 4. The van der Waals surface area contributed by atoms with Gasteiger partial charge in [0, 0.05) is 17.9 Å². The summed E-state index contributed by atoms with van der Waals surface area (Å²) < 4.78 is 21.5. The number of esters is 3. The summed E-state index contributed by atoms with van der Waals surface area (Å²) in [5.41, 5.74) is -0.864. The third kappa shape index (κ3) is 3.76. The molecule has 33 heavy (non-hydrogen) atoms. The predicted octanol–water partition coefficient (Wildman–Crippen LogP) is 3.61. The van der Waals surface area contributed by atoms with E-state index in [1.807, 2.05) is 13.8 Å². The third-order valence-electron chi connectivity index (χ3n) is 8.09. The Labute approximate surface area is 197 Å². The van der Waals surface area contributed by atoms with Gasteiger partial charge in [0.25, 0.3) is 0 Å². The number of alkyl halides is 1. The first kappa shape index (κ1) is 23.8. The Hall–Kier alpha value is -2.35. The minimum absolute atomic E-state index is 0.0320. The molecule has 2 heterocycles. The fourth-order valence-electron chi connectivity index (χ4n) is 6.50. The molecule has 0 unspecified atom stereocenters. The molecule has 0 amide bonds. The molecule has 0 aromatic carbocycles. The fraction of sp³-hybridized carbons (Fsp3) is 0.667. The second-order valence-corrected chi connectivity index (χ2v) is 10.6. The summed E-state index contributed by atoms with van der Waals surface area (Å²) in [4.78, 5) is 52.1. The smallest absolute Gasteiger partial charge is 0.324 e. The number of ketones is 1. The van der Waals surface area contributed by atoms with E-state index in [9.17, 15) is 19.2 Å². The Morgan fingerprint density at radius 2 is 1.97 bits per heavy atom. The standard InChI is InChI=1S/C24H29ClO8/c1-12(25)20(27)32-16-9-15(21(28)30-4)23(2)7-5-14-22(29)33-17(13-6-8-31-11-13)10-24(14,3)19(23)18(16)26/h6,8,11-12,14-17,19H,5,7,9-10H2,1-4H3/t12-,14+,15+,16+,17+,19+,23+,24+/m1/s1. The molecule has 0 spiro atoms. The Morgan fingerprint density at radius 3 is 2.58 bits per heavy atom. The zero-order valence-electron chi connectivity index (χ0n) is 19.2. The second-order valence-electron chi connectivity index (χ2n) is 9.98. The van der Waals surface area contributed by atoms with Crippen molar-refractivity contribution in [2.75, 3.05) is 7.11 Å². The number of fused-ring (bicyclic) bond motifs is 3. The lowest BCUT2D eigenvalue weighted by Crippen LogP contribution is -2.64. The van der Waals surface area contributed by atoms with E-state index in [-0.39, 0.29) is 18.2 Å². The van der Waals surface area contributed by atoms with E-state index < -0.39 is 58.1 Å². The Bertz CT molecular complexity index is 956. The van der Waals surface area contributed by atoms with Crippen molar-refractivity contribution in [1.29, 1.82) is 0 Å². The van der Waals surface area contributed by atoms with E-state index >= 15 is 0 Å². The minimum atomic E-state index is -1.14. The van der Waals surface area contributed by atoms with Crippen LogP contribution >= 0.6 is 11.6 Å². The first-order valence-electron chi connectivity index (χ1n) is 11.2. The molecule has 180 valence electrons. The Kier molecular flexibility index (Phi) is 6.10. The summed E-state index contributed by atoms with van der Waals surface area (Å²) in [7, 11) is 1.30. The highest BCUT2D eigenvalue weighted by molar-refractivity contribution is 6.29. The highest BCUT2D eigenvalue weighted by Gasteiger charge is 2.67. The van der Waals surface area contributed by atoms with Crippen LogP contribution in [0.3, 0.4) is 0 Å². The number of furan rings is 1. The maximum atomic E-state index is 13.9. The van der Waals surface area contributed by atoms with Crippen LogP contribution < -0.4 is 0 Å². The molecule has 1 aromatic heterocycles. The molecule has 8 atom stereocenters. The molecule has 1 aliphatic heterocycles. The number of cyclic esters (lactones) is 1. The van der Waals surface area contributed by atoms with E-state index in [2.05, 4.69) is 0 Å². The molecule has 9 heteroatoms. The summed E-state index contributed by atoms with van der Waals surface area (Å²) >= 11 is 5.87. The van der Waals surface area contributed by atoms with Gasteiger partial charge in [-0.15, -0.1) is 11.6 Å². The molecule has 2 aliphatic carbocycles. The molecule has 1 saturated heterocycles. The van der Waals surface area contributed by atoms with Crippen molar-refractivity contribution in [3.8, 4) is 0 Å². The van der Waals surface area contributed by atoms with Gasteiger partial charge in [0.15, 0.2) is 11.9 Å². The summed E-state index contributed by atoms with van der Waals surface area (Å²) in [5.74, 6) is -3.73. The van der Waals surface area contributed by atoms with Gasteiger partial charge in [-0.05, 0) is 43.1 Å². The maximum Gasteiger partial charge on any atom is 0.324 e. The van der Waals surface area contributed by atoms with Crippen LogP contribution in [0, 0.1) is 28.6 Å². The van der Waals surface area contributed by atoms with E-state index in [1.165, 1.54) is 26.6 Å². The van der Waals surface area contributed by atoms with Crippen molar-refractivity contribution in [2.24, 2.45) is 28.6 Å². The monoisotopic (exact) mass is 480 g/mol. The van der Waals surface area contributed by atoms with E-state index in [0.29, 0.717) is 24.8 Å². The van der Waals surface area contributed by atoms with E-state index in [0.717, 1.165) is 0 Å². The summed E-state index contributed by atoms with van der Waals surface area (Å²) in [6.45, 7) is 5.28. The Balaban J connectivity index is 1.78. The van der Waals surface area contributed by atoms with Crippen molar-refractivity contribution < 1.29 is 37.8 Å². The molecule has 2 saturated carbocycles. The van der Waals surface area contributed by atoms with Crippen molar-refractivity contribution in [3.05, 3.63) is 24.2 Å². The molecule has 0 N–H and O–H groups in total. The molecule has 3 aliphatic rings. The third-order valence-corrected chi connectivity index (χ3v) is 8.26. The molecular weight excluding hydrogens is 452 g/mol. The average molecular weight is 481 g/mol. The molecule has 0 bridgehead atoms. The zero-order chi connectivity index (χ0) is 24.1. The molecule has 4 rings (SSSR count). The number of halogens is 1. The number of hydrogen-bond donors (Lipinski definition) is 0. The van der Waals surface area contributed by atoms with E-state index in [1.54, 1.807) is 6.07 Å². The largest absolute Gasteiger partial charge is 0.472 e. The van der Waals surface area contributed by atoms with Gasteiger partial charge in [0.05, 0.1) is 31.5 Å². The van der Waals surface area contributed by atoms with Crippen molar-refractivity contribution in [2.45, 2.75) is 64.0 Å². The van der Waals surface area contributed by atoms with Crippen LogP contribution in [0.4, 0.5) is 0 Å². The summed E-state index contributed by atoms with van der Waals surface area (Å²) in [5, 5.41) is -0.937. The van der Waals surface area contributed by atoms with Gasteiger partial charge in [-0.2, -0.15) is 0 Å². The van der Waals surface area contributed by atoms with Crippen LogP contribution in [0.25, 0.3) is 0 Å². The number of Topliss-reactive ketones (excluding diaryl/α,β-unsaturated/α-hetero) is 1. The fourth-order valence-corrected chi connectivity index (χ4v) is 6.55. The lowest BCUT2D eigenvalue weighted by Gasteiger charge is -2.61. The SMILES string of the molecule is COC(=O)[C@@H]1C[C@H](OC(=O)[C@@H](C)Cl)C(=O)[C@H]2[C@@]1(C)CC[C@H]1C(=O)O[C@H](c3ccoc3)C[C@]21C. The lowest BCUT2D eigenvalue weighted by molar-refractivity contribution is -0.210. The number of methoxy groups -OCH3 is 1. The first-order chi connectivity index (χ1) is 15.5. The number of hydrogen-bond acceptors (Lipinski definition) is 8. The molecule has 1 aromatic rings. The molecular formula is C24H29ClO8.